The summed E-state index contributed by atoms with van der Waals surface area (Å²) in [4.78, 5) is 0. The highest BCUT2D eigenvalue weighted by atomic mass is 79.9. The fraction of sp³-hybridized carbons (Fsp3) is 0.385. The van der Waals surface area contributed by atoms with Crippen molar-refractivity contribution < 1.29 is 0 Å². The van der Waals surface area contributed by atoms with Gasteiger partial charge in [0, 0.05) is 23.2 Å². The fourth-order valence-corrected chi connectivity index (χ4v) is 3.19. The molecule has 1 heterocycles. The van der Waals surface area contributed by atoms with Crippen molar-refractivity contribution in [3.8, 4) is 0 Å². The van der Waals surface area contributed by atoms with Crippen LogP contribution in [0.3, 0.4) is 0 Å². The van der Waals surface area contributed by atoms with Crippen molar-refractivity contribution in [3.05, 3.63) is 40.1 Å². The lowest BCUT2D eigenvalue weighted by atomic mass is 10.2. The number of benzene rings is 1. The Bertz CT molecular complexity index is 525. The Kier molecular flexibility index (Phi) is 4.83. The van der Waals surface area contributed by atoms with Crippen LogP contribution in [0.4, 0.5) is 0 Å². The van der Waals surface area contributed by atoms with Gasteiger partial charge in [-0.05, 0) is 24.6 Å². The standard InChI is InChI=1S/C13H16BrN3S/c1-3-12-15-16-13(17(12)4-2)18-9-10-6-5-7-11(14)8-10/h5-8H,3-4,9H2,1-2H3. The van der Waals surface area contributed by atoms with Crippen LogP contribution >= 0.6 is 27.7 Å². The fourth-order valence-electron chi connectivity index (χ4n) is 1.78. The zero-order valence-electron chi connectivity index (χ0n) is 10.6. The van der Waals surface area contributed by atoms with Crippen molar-refractivity contribution in [2.75, 3.05) is 0 Å². The first-order valence-electron chi connectivity index (χ1n) is 6.04. The SMILES string of the molecule is CCc1nnc(SCc2cccc(Br)c2)n1CC. The molecule has 0 radical (unpaired) electrons. The molecule has 2 aromatic rings. The van der Waals surface area contributed by atoms with Crippen LogP contribution in [0.15, 0.2) is 33.9 Å². The van der Waals surface area contributed by atoms with Crippen molar-refractivity contribution in [1.82, 2.24) is 14.8 Å². The minimum Gasteiger partial charge on any atom is -0.306 e. The molecule has 0 atom stereocenters. The Morgan fingerprint density at radius 3 is 2.78 bits per heavy atom. The molecule has 0 bridgehead atoms. The van der Waals surface area contributed by atoms with E-state index in [1.54, 1.807) is 11.8 Å². The van der Waals surface area contributed by atoms with Gasteiger partial charge in [-0.15, -0.1) is 10.2 Å². The average molecular weight is 326 g/mol. The lowest BCUT2D eigenvalue weighted by molar-refractivity contribution is 0.647. The molecule has 0 unspecified atom stereocenters. The third-order valence-corrected chi connectivity index (χ3v) is 4.21. The van der Waals surface area contributed by atoms with Crippen LogP contribution in [-0.2, 0) is 18.7 Å². The van der Waals surface area contributed by atoms with E-state index in [0.717, 1.165) is 34.2 Å². The average Bonchev–Trinajstić information content (AvgIpc) is 2.78. The summed E-state index contributed by atoms with van der Waals surface area (Å²) >= 11 is 5.23. The highest BCUT2D eigenvalue weighted by molar-refractivity contribution is 9.10. The van der Waals surface area contributed by atoms with Crippen molar-refractivity contribution in [3.63, 3.8) is 0 Å². The first-order chi connectivity index (χ1) is 8.74. The number of hydrogen-bond acceptors (Lipinski definition) is 3. The number of aromatic nitrogens is 3. The van der Waals surface area contributed by atoms with Crippen LogP contribution in [-0.4, -0.2) is 14.8 Å². The van der Waals surface area contributed by atoms with Crippen LogP contribution in [0.5, 0.6) is 0 Å². The third kappa shape index (κ3) is 3.14. The lowest BCUT2D eigenvalue weighted by Gasteiger charge is -2.06. The summed E-state index contributed by atoms with van der Waals surface area (Å²) in [6.07, 6.45) is 0.929. The molecule has 0 fully saturated rings. The topological polar surface area (TPSA) is 30.7 Å². The molecule has 1 aromatic carbocycles. The molecule has 0 aliphatic carbocycles. The summed E-state index contributed by atoms with van der Waals surface area (Å²) < 4.78 is 3.30. The first-order valence-corrected chi connectivity index (χ1v) is 7.81. The normalized spacial score (nSPS) is 10.8. The van der Waals surface area contributed by atoms with Gasteiger partial charge in [-0.3, -0.25) is 0 Å². The number of halogens is 1. The van der Waals surface area contributed by atoms with Gasteiger partial charge in [0.15, 0.2) is 5.16 Å². The Labute approximate surface area is 120 Å². The summed E-state index contributed by atoms with van der Waals surface area (Å²) in [5, 5.41) is 9.49. The molecule has 0 saturated heterocycles. The van der Waals surface area contributed by atoms with E-state index in [1.807, 2.05) is 6.07 Å². The van der Waals surface area contributed by atoms with Crippen LogP contribution in [0.25, 0.3) is 0 Å². The van der Waals surface area contributed by atoms with Gasteiger partial charge in [0.25, 0.3) is 0 Å². The maximum atomic E-state index is 4.26. The zero-order valence-corrected chi connectivity index (χ0v) is 13.0. The Morgan fingerprint density at radius 1 is 1.28 bits per heavy atom. The Morgan fingerprint density at radius 2 is 2.11 bits per heavy atom. The molecule has 0 N–H and O–H groups in total. The second-order valence-corrected chi connectivity index (χ2v) is 5.77. The molecule has 0 aliphatic rings. The molecule has 3 nitrogen and oxygen atoms in total. The highest BCUT2D eigenvalue weighted by Crippen LogP contribution is 2.23. The van der Waals surface area contributed by atoms with Gasteiger partial charge in [-0.2, -0.15) is 0 Å². The first kappa shape index (κ1) is 13.6. The third-order valence-electron chi connectivity index (χ3n) is 2.68. The Balaban J connectivity index is 2.08. The molecule has 1 aromatic heterocycles. The predicted molar refractivity (Wildman–Crippen MR) is 78.8 cm³/mol. The van der Waals surface area contributed by atoms with Gasteiger partial charge in [-0.25, -0.2) is 0 Å². The van der Waals surface area contributed by atoms with Crippen molar-refractivity contribution in [2.24, 2.45) is 0 Å². The maximum Gasteiger partial charge on any atom is 0.191 e. The lowest BCUT2D eigenvalue weighted by Crippen LogP contribution is -2.01. The monoisotopic (exact) mass is 325 g/mol. The Hall–Kier alpha value is -0.810. The number of aryl methyl sites for hydroxylation is 1. The van der Waals surface area contributed by atoms with Crippen molar-refractivity contribution in [2.45, 2.75) is 37.7 Å². The van der Waals surface area contributed by atoms with E-state index in [1.165, 1.54) is 5.56 Å². The quantitative estimate of drug-likeness (QED) is 0.781. The second-order valence-electron chi connectivity index (χ2n) is 3.92. The number of thioether (sulfide) groups is 1. The van der Waals surface area contributed by atoms with E-state index < -0.39 is 0 Å². The van der Waals surface area contributed by atoms with Gasteiger partial charge < -0.3 is 4.57 Å². The number of nitrogens with zero attached hydrogens (tertiary/aromatic N) is 3. The van der Waals surface area contributed by atoms with Crippen molar-refractivity contribution in [1.29, 1.82) is 0 Å². The molecule has 96 valence electrons. The summed E-state index contributed by atoms with van der Waals surface area (Å²) in [5.41, 5.74) is 1.29. The number of hydrogen-bond donors (Lipinski definition) is 0. The van der Waals surface area contributed by atoms with Crippen LogP contribution in [0.2, 0.25) is 0 Å². The molecule has 5 heteroatoms. The van der Waals surface area contributed by atoms with Gasteiger partial charge in [-0.1, -0.05) is 46.7 Å². The summed E-state index contributed by atoms with van der Waals surface area (Å²) in [6, 6.07) is 8.37. The molecular weight excluding hydrogens is 310 g/mol. The number of rotatable bonds is 5. The van der Waals surface area contributed by atoms with E-state index in [0.29, 0.717) is 0 Å². The predicted octanol–water partition coefficient (Wildman–Crippen LogP) is 3.92. The summed E-state index contributed by atoms with van der Waals surface area (Å²) in [6.45, 7) is 5.17. The van der Waals surface area contributed by atoms with Gasteiger partial charge in [0.1, 0.15) is 5.82 Å². The highest BCUT2D eigenvalue weighted by Gasteiger charge is 2.09. The molecular formula is C13H16BrN3S. The van der Waals surface area contributed by atoms with E-state index >= 15 is 0 Å². The van der Waals surface area contributed by atoms with Crippen molar-refractivity contribution >= 4 is 27.7 Å². The van der Waals surface area contributed by atoms with E-state index in [4.69, 9.17) is 0 Å². The second kappa shape index (κ2) is 6.38. The molecule has 0 amide bonds. The van der Waals surface area contributed by atoms with E-state index in [2.05, 4.69) is 62.7 Å². The van der Waals surface area contributed by atoms with Crippen LogP contribution < -0.4 is 0 Å². The zero-order chi connectivity index (χ0) is 13.0. The van der Waals surface area contributed by atoms with E-state index in [9.17, 15) is 0 Å². The molecule has 0 saturated carbocycles. The van der Waals surface area contributed by atoms with Crippen LogP contribution in [0, 0.1) is 0 Å². The van der Waals surface area contributed by atoms with E-state index in [-0.39, 0.29) is 0 Å². The van der Waals surface area contributed by atoms with Gasteiger partial charge >= 0.3 is 0 Å². The molecule has 0 aliphatic heterocycles. The largest absolute Gasteiger partial charge is 0.306 e. The molecule has 0 spiro atoms. The van der Waals surface area contributed by atoms with Gasteiger partial charge in [0.05, 0.1) is 0 Å². The smallest absolute Gasteiger partial charge is 0.191 e. The minimum atomic E-state index is 0.918. The summed E-state index contributed by atoms with van der Waals surface area (Å²) in [7, 11) is 0. The molecule has 18 heavy (non-hydrogen) atoms. The molecule has 2 rings (SSSR count). The summed E-state index contributed by atoms with van der Waals surface area (Å²) in [5.74, 6) is 1.98. The minimum absolute atomic E-state index is 0.918. The van der Waals surface area contributed by atoms with Gasteiger partial charge in [0.2, 0.25) is 0 Å². The maximum absolute atomic E-state index is 4.26. The van der Waals surface area contributed by atoms with Crippen LogP contribution in [0.1, 0.15) is 25.2 Å².